The van der Waals surface area contributed by atoms with Gasteiger partial charge in [-0.25, -0.2) is 4.98 Å². The fraction of sp³-hybridized carbons (Fsp3) is 0.542. The summed E-state index contributed by atoms with van der Waals surface area (Å²) < 4.78 is 5.85. The lowest BCUT2D eigenvalue weighted by atomic mass is 9.84. The van der Waals surface area contributed by atoms with E-state index in [1.54, 1.807) is 5.38 Å². The predicted molar refractivity (Wildman–Crippen MR) is 121 cm³/mol. The van der Waals surface area contributed by atoms with Gasteiger partial charge in [0.15, 0.2) is 0 Å². The van der Waals surface area contributed by atoms with E-state index in [0.717, 1.165) is 60.4 Å². The fourth-order valence-corrected chi connectivity index (χ4v) is 4.96. The highest BCUT2D eigenvalue weighted by Crippen LogP contribution is 2.27. The van der Waals surface area contributed by atoms with E-state index in [4.69, 9.17) is 4.74 Å². The molecule has 2 amide bonds. The second kappa shape index (κ2) is 9.81. The third-order valence-electron chi connectivity index (χ3n) is 6.23. The monoisotopic (exact) mass is 441 g/mol. The molecule has 2 aliphatic rings. The van der Waals surface area contributed by atoms with Gasteiger partial charge in [0.1, 0.15) is 23.1 Å². The Hall–Kier alpha value is -2.41. The number of hydrogen-bond acceptors (Lipinski definition) is 5. The molecule has 1 aromatic heterocycles. The molecule has 166 valence electrons. The van der Waals surface area contributed by atoms with Crippen LogP contribution in [-0.4, -0.2) is 28.9 Å². The standard InChI is InChI=1S/C24H31N3O3S/c1-15-10-16(2)12-20(11-15)30-13-22-27-21(14-31-22)24(29)26-19-8-6-18(7-9-19)25-23(28)17-4-3-5-17/h10-12,14,17-19H,3-9,13H2,1-2H3,(H,25,28)(H,26,29). The Bertz CT molecular complexity index is 910. The SMILES string of the molecule is Cc1cc(C)cc(OCc2nc(C(=O)NC3CCC(NC(=O)C4CCC4)CC3)cs2)c1. The molecule has 0 bridgehead atoms. The van der Waals surface area contributed by atoms with Gasteiger partial charge in [0, 0.05) is 23.4 Å². The topological polar surface area (TPSA) is 80.3 Å². The Morgan fingerprint density at radius 2 is 1.65 bits per heavy atom. The average Bonchev–Trinajstić information content (AvgIpc) is 3.15. The molecule has 4 rings (SSSR count). The van der Waals surface area contributed by atoms with E-state index < -0.39 is 0 Å². The summed E-state index contributed by atoms with van der Waals surface area (Å²) in [6, 6.07) is 6.49. The average molecular weight is 442 g/mol. The zero-order valence-corrected chi connectivity index (χ0v) is 19.1. The van der Waals surface area contributed by atoms with Crippen molar-refractivity contribution in [3.8, 4) is 5.75 Å². The molecule has 31 heavy (non-hydrogen) atoms. The van der Waals surface area contributed by atoms with Crippen LogP contribution in [0.2, 0.25) is 0 Å². The number of thiazole rings is 1. The summed E-state index contributed by atoms with van der Waals surface area (Å²) in [5.74, 6) is 1.14. The van der Waals surface area contributed by atoms with Crippen LogP contribution in [0.1, 0.15) is 71.6 Å². The van der Waals surface area contributed by atoms with Crippen molar-refractivity contribution >= 4 is 23.2 Å². The Kier molecular flexibility index (Phi) is 6.90. The number of nitrogens with zero attached hydrogens (tertiary/aromatic N) is 1. The van der Waals surface area contributed by atoms with Gasteiger partial charge in [0.05, 0.1) is 0 Å². The first-order chi connectivity index (χ1) is 15.0. The Balaban J connectivity index is 1.21. The molecule has 0 spiro atoms. The van der Waals surface area contributed by atoms with Crippen molar-refractivity contribution in [2.75, 3.05) is 0 Å². The van der Waals surface area contributed by atoms with E-state index in [2.05, 4.69) is 21.7 Å². The number of carbonyl (C=O) groups is 2. The lowest BCUT2D eigenvalue weighted by molar-refractivity contribution is -0.128. The number of ether oxygens (including phenoxy) is 1. The highest BCUT2D eigenvalue weighted by atomic mass is 32.1. The summed E-state index contributed by atoms with van der Waals surface area (Å²) in [7, 11) is 0. The quantitative estimate of drug-likeness (QED) is 0.671. The highest BCUT2D eigenvalue weighted by Gasteiger charge is 2.29. The first-order valence-corrected chi connectivity index (χ1v) is 12.1. The van der Waals surface area contributed by atoms with Crippen molar-refractivity contribution in [3.63, 3.8) is 0 Å². The van der Waals surface area contributed by atoms with E-state index in [1.807, 2.05) is 26.0 Å². The van der Waals surface area contributed by atoms with Crippen molar-refractivity contribution in [2.24, 2.45) is 5.92 Å². The third kappa shape index (κ3) is 5.85. The van der Waals surface area contributed by atoms with Gasteiger partial charge < -0.3 is 15.4 Å². The molecule has 0 atom stereocenters. The van der Waals surface area contributed by atoms with Crippen LogP contribution in [0, 0.1) is 19.8 Å². The molecule has 2 aliphatic carbocycles. The third-order valence-corrected chi connectivity index (χ3v) is 7.05. The normalized spacial score (nSPS) is 21.2. The molecule has 0 radical (unpaired) electrons. The first-order valence-electron chi connectivity index (χ1n) is 11.2. The number of hydrogen-bond donors (Lipinski definition) is 2. The minimum Gasteiger partial charge on any atom is -0.486 e. The Labute approximate surface area is 187 Å². The van der Waals surface area contributed by atoms with Crippen molar-refractivity contribution in [1.82, 2.24) is 15.6 Å². The number of benzene rings is 1. The minimum absolute atomic E-state index is 0.129. The van der Waals surface area contributed by atoms with Crippen LogP contribution in [0.15, 0.2) is 23.6 Å². The van der Waals surface area contributed by atoms with Crippen LogP contribution in [0.5, 0.6) is 5.75 Å². The van der Waals surface area contributed by atoms with Crippen LogP contribution < -0.4 is 15.4 Å². The maximum absolute atomic E-state index is 12.6. The second-order valence-corrected chi connectivity index (χ2v) is 9.84. The fourth-order valence-electron chi connectivity index (χ4n) is 4.27. The summed E-state index contributed by atoms with van der Waals surface area (Å²) in [6.45, 7) is 4.44. The molecule has 2 N–H and O–H groups in total. The summed E-state index contributed by atoms with van der Waals surface area (Å²) >= 11 is 1.44. The van der Waals surface area contributed by atoms with E-state index in [0.29, 0.717) is 12.3 Å². The van der Waals surface area contributed by atoms with E-state index in [1.165, 1.54) is 17.8 Å². The molecule has 7 heteroatoms. The molecule has 2 aromatic rings. The van der Waals surface area contributed by atoms with Crippen LogP contribution in [0.4, 0.5) is 0 Å². The first kappa shape index (κ1) is 21.8. The number of aryl methyl sites for hydroxylation is 2. The second-order valence-electron chi connectivity index (χ2n) is 8.90. The van der Waals surface area contributed by atoms with Gasteiger partial charge in [0.25, 0.3) is 5.91 Å². The molecule has 1 aromatic carbocycles. The van der Waals surface area contributed by atoms with Crippen LogP contribution in [0.3, 0.4) is 0 Å². The molecule has 1 heterocycles. The molecule has 0 saturated heterocycles. The van der Waals surface area contributed by atoms with Crippen molar-refractivity contribution < 1.29 is 14.3 Å². The van der Waals surface area contributed by atoms with Crippen molar-refractivity contribution in [1.29, 1.82) is 0 Å². The number of carbonyl (C=O) groups excluding carboxylic acids is 2. The van der Waals surface area contributed by atoms with Gasteiger partial charge in [0.2, 0.25) is 5.91 Å². The maximum atomic E-state index is 12.6. The van der Waals surface area contributed by atoms with Crippen molar-refractivity contribution in [2.45, 2.75) is 77.5 Å². The lowest BCUT2D eigenvalue weighted by Crippen LogP contribution is -2.46. The van der Waals surface area contributed by atoms with Gasteiger partial charge >= 0.3 is 0 Å². The van der Waals surface area contributed by atoms with Gasteiger partial charge in [-0.15, -0.1) is 11.3 Å². The number of nitrogens with one attached hydrogen (secondary N) is 2. The summed E-state index contributed by atoms with van der Waals surface area (Å²) in [6.07, 6.45) is 6.82. The Morgan fingerprint density at radius 3 is 2.26 bits per heavy atom. The van der Waals surface area contributed by atoms with Gasteiger partial charge in [-0.05, 0) is 75.6 Å². The number of aromatic nitrogens is 1. The zero-order chi connectivity index (χ0) is 21.8. The molecule has 6 nitrogen and oxygen atoms in total. The zero-order valence-electron chi connectivity index (χ0n) is 18.3. The van der Waals surface area contributed by atoms with Crippen molar-refractivity contribution in [3.05, 3.63) is 45.4 Å². The van der Waals surface area contributed by atoms with Crippen LogP contribution >= 0.6 is 11.3 Å². The van der Waals surface area contributed by atoms with E-state index in [9.17, 15) is 9.59 Å². The van der Waals surface area contributed by atoms with Crippen LogP contribution in [0.25, 0.3) is 0 Å². The summed E-state index contributed by atoms with van der Waals surface area (Å²) in [5.41, 5.74) is 2.77. The van der Waals surface area contributed by atoms with Gasteiger partial charge in [-0.2, -0.15) is 0 Å². The largest absolute Gasteiger partial charge is 0.486 e. The molecular formula is C24H31N3O3S. The summed E-state index contributed by atoms with van der Waals surface area (Å²) in [5, 5.41) is 8.87. The minimum atomic E-state index is -0.129. The summed E-state index contributed by atoms with van der Waals surface area (Å²) in [4.78, 5) is 29.2. The molecule has 0 unspecified atom stereocenters. The Morgan fingerprint density at radius 1 is 1.00 bits per heavy atom. The van der Waals surface area contributed by atoms with E-state index in [-0.39, 0.29) is 29.8 Å². The van der Waals surface area contributed by atoms with Crippen LogP contribution in [-0.2, 0) is 11.4 Å². The molecule has 2 saturated carbocycles. The van der Waals surface area contributed by atoms with E-state index >= 15 is 0 Å². The molecule has 2 fully saturated rings. The lowest BCUT2D eigenvalue weighted by Gasteiger charge is -2.32. The van der Waals surface area contributed by atoms with Gasteiger partial charge in [-0.3, -0.25) is 9.59 Å². The molecule has 0 aliphatic heterocycles. The number of rotatable bonds is 7. The maximum Gasteiger partial charge on any atom is 0.270 e. The number of amides is 2. The highest BCUT2D eigenvalue weighted by molar-refractivity contribution is 7.09. The predicted octanol–water partition coefficient (Wildman–Crippen LogP) is 4.30. The van der Waals surface area contributed by atoms with Gasteiger partial charge in [-0.1, -0.05) is 12.5 Å². The molecular weight excluding hydrogens is 410 g/mol. The smallest absolute Gasteiger partial charge is 0.270 e.